The lowest BCUT2D eigenvalue weighted by Crippen LogP contribution is -3.09. The van der Waals surface area contributed by atoms with Crippen LogP contribution in [0, 0.1) is 0 Å². The van der Waals surface area contributed by atoms with Crippen molar-refractivity contribution in [3.63, 3.8) is 0 Å². The molecule has 0 aliphatic carbocycles. The van der Waals surface area contributed by atoms with Gasteiger partial charge in [0.15, 0.2) is 23.0 Å². The third-order valence-electron chi connectivity index (χ3n) is 5.73. The zero-order valence-corrected chi connectivity index (χ0v) is 14.0. The highest BCUT2D eigenvalue weighted by atomic mass is 16.7. The number of nitrogens with one attached hydrogen (secondary N) is 1. The zero-order valence-electron chi connectivity index (χ0n) is 14.0. The molecule has 0 bridgehead atoms. The predicted molar refractivity (Wildman–Crippen MR) is 90.9 cm³/mol. The van der Waals surface area contributed by atoms with Gasteiger partial charge in [0.05, 0.1) is 12.1 Å². The third-order valence-corrected chi connectivity index (χ3v) is 5.73. The molecule has 2 aromatic carbocycles. The van der Waals surface area contributed by atoms with E-state index < -0.39 is 0 Å². The molecule has 0 amide bonds. The molecule has 1 atom stereocenters. The van der Waals surface area contributed by atoms with Gasteiger partial charge in [-0.25, -0.2) is 0 Å². The average molecular weight is 336 g/mol. The molecule has 5 heteroatoms. The summed E-state index contributed by atoms with van der Waals surface area (Å²) < 4.78 is 22.5. The Bertz CT molecular complexity index is 963. The van der Waals surface area contributed by atoms with E-state index in [1.165, 1.54) is 38.4 Å². The second kappa shape index (κ2) is 4.70. The van der Waals surface area contributed by atoms with E-state index in [9.17, 15) is 0 Å². The second-order valence-corrected chi connectivity index (χ2v) is 6.97. The molecule has 1 N–H and O–H groups in total. The molecule has 0 fully saturated rings. The molecule has 1 unspecified atom stereocenters. The maximum Gasteiger partial charge on any atom is 0.231 e. The molecule has 5 nitrogen and oxygen atoms in total. The molecular weight excluding hydrogens is 318 g/mol. The van der Waals surface area contributed by atoms with Crippen molar-refractivity contribution < 1.29 is 23.8 Å². The predicted octanol–water partition coefficient (Wildman–Crippen LogP) is 1.99. The van der Waals surface area contributed by atoms with Gasteiger partial charge in [0.25, 0.3) is 0 Å². The second-order valence-electron chi connectivity index (χ2n) is 6.97. The van der Waals surface area contributed by atoms with Crippen LogP contribution in [0.3, 0.4) is 0 Å². The first-order valence-corrected chi connectivity index (χ1v) is 8.70. The van der Waals surface area contributed by atoms with E-state index in [0.29, 0.717) is 13.6 Å². The Balaban J connectivity index is 1.58. The highest BCUT2D eigenvalue weighted by Crippen LogP contribution is 2.44. The zero-order chi connectivity index (χ0) is 16.5. The monoisotopic (exact) mass is 336 g/mol. The summed E-state index contributed by atoms with van der Waals surface area (Å²) in [7, 11) is 0. The van der Waals surface area contributed by atoms with Crippen LogP contribution in [0.2, 0.25) is 0 Å². The molecule has 4 aliphatic rings. The van der Waals surface area contributed by atoms with Crippen molar-refractivity contribution in [2.75, 3.05) is 20.1 Å². The summed E-state index contributed by atoms with van der Waals surface area (Å²) >= 11 is 0. The lowest BCUT2D eigenvalue weighted by atomic mass is 9.86. The van der Waals surface area contributed by atoms with Crippen molar-refractivity contribution in [1.29, 1.82) is 0 Å². The summed E-state index contributed by atoms with van der Waals surface area (Å²) in [5.41, 5.74) is 7.89. The quantitative estimate of drug-likeness (QED) is 0.799. The van der Waals surface area contributed by atoms with Crippen LogP contribution in [0.5, 0.6) is 23.0 Å². The van der Waals surface area contributed by atoms with Gasteiger partial charge in [-0.2, -0.15) is 0 Å². The van der Waals surface area contributed by atoms with Crippen LogP contribution >= 0.6 is 0 Å². The minimum absolute atomic E-state index is 0.319. The molecule has 126 valence electrons. The maximum atomic E-state index is 5.76. The highest BCUT2D eigenvalue weighted by Gasteiger charge is 2.37. The van der Waals surface area contributed by atoms with Gasteiger partial charge in [0, 0.05) is 17.6 Å². The molecule has 6 rings (SSSR count). The molecule has 0 saturated heterocycles. The molecule has 25 heavy (non-hydrogen) atoms. The maximum absolute atomic E-state index is 5.76. The highest BCUT2D eigenvalue weighted by molar-refractivity contribution is 5.90. The summed E-state index contributed by atoms with van der Waals surface area (Å²) in [5, 5.41) is 0. The van der Waals surface area contributed by atoms with E-state index in [0.717, 1.165) is 42.5 Å². The van der Waals surface area contributed by atoms with Crippen LogP contribution in [0.25, 0.3) is 11.3 Å². The van der Waals surface area contributed by atoms with Crippen molar-refractivity contribution in [2.24, 2.45) is 0 Å². The SMILES string of the molecule is CC1=C2c3cc4c(cc3CC[NH+]2Cc2c1ccc1c2OCO1)OCO4. The summed E-state index contributed by atoms with van der Waals surface area (Å²) in [6, 6.07) is 8.51. The van der Waals surface area contributed by atoms with Crippen LogP contribution in [0.1, 0.15) is 29.2 Å². The third kappa shape index (κ3) is 1.76. The van der Waals surface area contributed by atoms with Crippen molar-refractivity contribution >= 4 is 11.3 Å². The van der Waals surface area contributed by atoms with E-state index in [4.69, 9.17) is 18.9 Å². The standard InChI is InChI=1S/C20H17NO4/c1-11-13-2-3-16-20(25-10-22-16)15(13)8-21-5-4-12-6-17-18(24-9-23-17)7-14(12)19(11)21/h2-3,6-7H,4-5,8-10H2,1H3/p+1. The molecule has 0 spiro atoms. The van der Waals surface area contributed by atoms with Crippen molar-refractivity contribution in [3.05, 3.63) is 46.5 Å². The first kappa shape index (κ1) is 13.6. The van der Waals surface area contributed by atoms with E-state index in [-0.39, 0.29) is 0 Å². The fourth-order valence-electron chi connectivity index (χ4n) is 4.57. The van der Waals surface area contributed by atoms with Crippen LogP contribution < -0.4 is 23.8 Å². The summed E-state index contributed by atoms with van der Waals surface area (Å²) in [4.78, 5) is 1.49. The molecular formula is C20H18NO4+. The van der Waals surface area contributed by atoms with Gasteiger partial charge in [0.1, 0.15) is 12.2 Å². The summed E-state index contributed by atoms with van der Waals surface area (Å²) in [6.45, 7) is 4.86. The van der Waals surface area contributed by atoms with E-state index in [1.54, 1.807) is 0 Å². The minimum atomic E-state index is 0.319. The van der Waals surface area contributed by atoms with Crippen molar-refractivity contribution in [3.8, 4) is 23.0 Å². The average Bonchev–Trinajstić information content (AvgIpc) is 3.28. The first-order chi connectivity index (χ1) is 12.3. The topological polar surface area (TPSA) is 41.4 Å². The molecule has 0 aromatic heterocycles. The largest absolute Gasteiger partial charge is 0.454 e. The van der Waals surface area contributed by atoms with Gasteiger partial charge >= 0.3 is 0 Å². The van der Waals surface area contributed by atoms with Gasteiger partial charge in [0.2, 0.25) is 13.6 Å². The lowest BCUT2D eigenvalue weighted by Gasteiger charge is -2.34. The molecule has 4 aliphatic heterocycles. The number of rotatable bonds is 0. The normalized spacial score (nSPS) is 21.7. The Kier molecular flexibility index (Phi) is 2.56. The summed E-state index contributed by atoms with van der Waals surface area (Å²) in [6.07, 6.45) is 1.04. The van der Waals surface area contributed by atoms with Gasteiger partial charge in [-0.3, -0.25) is 4.90 Å². The van der Waals surface area contributed by atoms with Crippen LogP contribution in [-0.4, -0.2) is 20.1 Å². The van der Waals surface area contributed by atoms with Crippen LogP contribution in [0.4, 0.5) is 0 Å². The number of allylic oxidation sites excluding steroid dienone is 1. The number of hydrogen-bond acceptors (Lipinski definition) is 4. The van der Waals surface area contributed by atoms with Crippen LogP contribution in [-0.2, 0) is 13.0 Å². The Hall–Kier alpha value is -2.66. The van der Waals surface area contributed by atoms with Gasteiger partial charge in [-0.1, -0.05) is 6.07 Å². The number of hydrogen-bond donors (Lipinski definition) is 1. The molecule has 4 heterocycles. The fraction of sp³-hybridized carbons (Fsp3) is 0.300. The Morgan fingerprint density at radius 3 is 2.60 bits per heavy atom. The van der Waals surface area contributed by atoms with Gasteiger partial charge in [-0.15, -0.1) is 0 Å². The van der Waals surface area contributed by atoms with E-state index in [1.807, 2.05) is 6.07 Å². The number of quaternary nitrogens is 1. The summed E-state index contributed by atoms with van der Waals surface area (Å²) in [5.74, 6) is 3.53. The number of ether oxygens (including phenoxy) is 4. The van der Waals surface area contributed by atoms with Gasteiger partial charge in [-0.05, 0) is 36.2 Å². The lowest BCUT2D eigenvalue weighted by molar-refractivity contribution is -0.842. The Labute approximate surface area is 145 Å². The molecule has 2 aromatic rings. The number of benzene rings is 2. The van der Waals surface area contributed by atoms with Gasteiger partial charge < -0.3 is 18.9 Å². The smallest absolute Gasteiger partial charge is 0.231 e. The van der Waals surface area contributed by atoms with E-state index in [2.05, 4.69) is 25.1 Å². The number of fused-ring (bicyclic) bond motifs is 7. The molecule has 0 saturated carbocycles. The van der Waals surface area contributed by atoms with Crippen LogP contribution in [0.15, 0.2) is 24.3 Å². The Morgan fingerprint density at radius 1 is 0.880 bits per heavy atom. The van der Waals surface area contributed by atoms with Crippen molar-refractivity contribution in [2.45, 2.75) is 19.9 Å². The fourth-order valence-corrected chi connectivity index (χ4v) is 4.57. The minimum Gasteiger partial charge on any atom is -0.454 e. The van der Waals surface area contributed by atoms with Crippen molar-refractivity contribution in [1.82, 2.24) is 0 Å². The Morgan fingerprint density at radius 2 is 1.68 bits per heavy atom. The molecule has 0 radical (unpaired) electrons. The van der Waals surface area contributed by atoms with E-state index >= 15 is 0 Å². The first-order valence-electron chi connectivity index (χ1n) is 8.70.